The molecule has 0 saturated carbocycles. The first kappa shape index (κ1) is 22.3. The summed E-state index contributed by atoms with van der Waals surface area (Å²) in [6.45, 7) is 1.54. The highest BCUT2D eigenvalue weighted by molar-refractivity contribution is 6.09. The van der Waals surface area contributed by atoms with Crippen LogP contribution < -0.4 is 10.6 Å². The van der Waals surface area contributed by atoms with Crippen LogP contribution in [0.25, 0.3) is 0 Å². The predicted molar refractivity (Wildman–Crippen MR) is 126 cm³/mol. The summed E-state index contributed by atoms with van der Waals surface area (Å²) in [5.74, 6) is -0.771. The second-order valence-electron chi connectivity index (χ2n) is 8.43. The average Bonchev–Trinajstić information content (AvgIpc) is 3.04. The third kappa shape index (κ3) is 5.12. The highest BCUT2D eigenvalue weighted by Crippen LogP contribution is 2.27. The number of nitrogens with one attached hydrogen (secondary N) is 2. The van der Waals surface area contributed by atoms with Gasteiger partial charge in [-0.2, -0.15) is 0 Å². The van der Waals surface area contributed by atoms with Gasteiger partial charge in [0.2, 0.25) is 5.91 Å². The molecular weight excluding hydrogens is 414 g/mol. The van der Waals surface area contributed by atoms with Crippen LogP contribution in [0.15, 0.2) is 91.0 Å². The molecule has 1 aliphatic rings. The van der Waals surface area contributed by atoms with Gasteiger partial charge >= 0.3 is 6.03 Å². The standard InChI is InChI=1S/C27H27N3O3/c1-20(23-15-9-4-10-16-23)28-24(31)19-30-25(32)27(29-26(30)33,17-21-11-5-2-6-12-21)18-22-13-7-3-8-14-22/h2-16,20H,17-19H2,1H3,(H,28,31)(H,29,33). The maximum absolute atomic E-state index is 13.6. The van der Waals surface area contributed by atoms with Gasteiger partial charge in [0.1, 0.15) is 12.1 Å². The van der Waals surface area contributed by atoms with Crippen molar-refractivity contribution in [2.75, 3.05) is 6.54 Å². The van der Waals surface area contributed by atoms with Gasteiger partial charge in [-0.15, -0.1) is 0 Å². The second kappa shape index (κ2) is 9.69. The molecule has 3 aromatic rings. The zero-order valence-electron chi connectivity index (χ0n) is 18.5. The number of carbonyl (C=O) groups is 3. The van der Waals surface area contributed by atoms with Crippen molar-refractivity contribution in [2.45, 2.75) is 31.3 Å². The van der Waals surface area contributed by atoms with Gasteiger partial charge in [-0.25, -0.2) is 4.79 Å². The number of benzene rings is 3. The summed E-state index contributed by atoms with van der Waals surface area (Å²) < 4.78 is 0. The molecule has 33 heavy (non-hydrogen) atoms. The van der Waals surface area contributed by atoms with Crippen molar-refractivity contribution in [1.82, 2.24) is 15.5 Å². The van der Waals surface area contributed by atoms with Gasteiger partial charge < -0.3 is 10.6 Å². The molecule has 2 N–H and O–H groups in total. The van der Waals surface area contributed by atoms with E-state index in [1.807, 2.05) is 97.9 Å². The number of amides is 4. The van der Waals surface area contributed by atoms with Crippen molar-refractivity contribution in [2.24, 2.45) is 0 Å². The Hall–Kier alpha value is -3.93. The molecule has 0 spiro atoms. The molecule has 0 aromatic heterocycles. The summed E-state index contributed by atoms with van der Waals surface area (Å²) in [4.78, 5) is 40.2. The number of nitrogens with zero attached hydrogens (tertiary/aromatic N) is 1. The molecule has 6 nitrogen and oxygen atoms in total. The largest absolute Gasteiger partial charge is 0.348 e. The van der Waals surface area contributed by atoms with Crippen molar-refractivity contribution in [3.05, 3.63) is 108 Å². The number of carbonyl (C=O) groups excluding carboxylic acids is 3. The molecule has 4 amide bonds. The molecule has 0 radical (unpaired) electrons. The highest BCUT2D eigenvalue weighted by atomic mass is 16.2. The fourth-order valence-electron chi connectivity index (χ4n) is 4.27. The molecule has 1 fully saturated rings. The van der Waals surface area contributed by atoms with E-state index in [-0.39, 0.29) is 24.4 Å². The van der Waals surface area contributed by atoms with Gasteiger partial charge in [0.05, 0.1) is 6.04 Å². The number of urea groups is 1. The van der Waals surface area contributed by atoms with Crippen molar-refractivity contribution in [1.29, 1.82) is 0 Å². The number of imide groups is 1. The fraction of sp³-hybridized carbons (Fsp3) is 0.222. The molecule has 1 saturated heterocycles. The minimum Gasteiger partial charge on any atom is -0.348 e. The highest BCUT2D eigenvalue weighted by Gasteiger charge is 2.51. The van der Waals surface area contributed by atoms with Crippen LogP contribution in [0, 0.1) is 0 Å². The first-order chi connectivity index (χ1) is 16.0. The lowest BCUT2D eigenvalue weighted by Crippen LogP contribution is -2.51. The quantitative estimate of drug-likeness (QED) is 0.524. The van der Waals surface area contributed by atoms with E-state index >= 15 is 0 Å². The second-order valence-corrected chi connectivity index (χ2v) is 8.43. The van der Waals surface area contributed by atoms with Gasteiger partial charge in [-0.3, -0.25) is 14.5 Å². The van der Waals surface area contributed by atoms with Crippen LogP contribution in [0.5, 0.6) is 0 Å². The van der Waals surface area contributed by atoms with Crippen LogP contribution >= 0.6 is 0 Å². The summed E-state index contributed by atoms with van der Waals surface area (Å²) in [6.07, 6.45) is 0.678. The van der Waals surface area contributed by atoms with Crippen molar-refractivity contribution in [3.63, 3.8) is 0 Å². The van der Waals surface area contributed by atoms with Crippen LogP contribution in [0.4, 0.5) is 4.79 Å². The maximum Gasteiger partial charge on any atom is 0.325 e. The van der Waals surface area contributed by atoms with E-state index in [0.717, 1.165) is 21.6 Å². The number of hydrogen-bond acceptors (Lipinski definition) is 3. The monoisotopic (exact) mass is 441 g/mol. The van der Waals surface area contributed by atoms with Gasteiger partial charge in [-0.1, -0.05) is 91.0 Å². The lowest BCUT2D eigenvalue weighted by molar-refractivity contribution is -0.135. The minimum absolute atomic E-state index is 0.238. The molecular formula is C27H27N3O3. The molecule has 1 unspecified atom stereocenters. The molecule has 4 rings (SSSR count). The predicted octanol–water partition coefficient (Wildman–Crippen LogP) is 3.64. The molecule has 1 aliphatic heterocycles. The number of hydrogen-bond donors (Lipinski definition) is 2. The Morgan fingerprint density at radius 2 is 1.33 bits per heavy atom. The van der Waals surface area contributed by atoms with Gasteiger partial charge in [0.25, 0.3) is 5.91 Å². The molecule has 1 heterocycles. The van der Waals surface area contributed by atoms with Crippen LogP contribution in [-0.4, -0.2) is 34.8 Å². The van der Waals surface area contributed by atoms with Crippen LogP contribution in [-0.2, 0) is 22.4 Å². The van der Waals surface area contributed by atoms with Crippen molar-refractivity contribution >= 4 is 17.8 Å². The van der Waals surface area contributed by atoms with E-state index in [0.29, 0.717) is 12.8 Å². The summed E-state index contributed by atoms with van der Waals surface area (Å²) in [5.41, 5.74) is 1.67. The van der Waals surface area contributed by atoms with E-state index in [2.05, 4.69) is 10.6 Å². The molecule has 3 aromatic carbocycles. The van der Waals surface area contributed by atoms with Crippen LogP contribution in [0.1, 0.15) is 29.7 Å². The molecule has 6 heteroatoms. The third-order valence-electron chi connectivity index (χ3n) is 5.92. The molecule has 168 valence electrons. The van der Waals surface area contributed by atoms with Crippen LogP contribution in [0.3, 0.4) is 0 Å². The minimum atomic E-state index is -1.15. The first-order valence-corrected chi connectivity index (χ1v) is 11.0. The van der Waals surface area contributed by atoms with Gasteiger partial charge in [-0.05, 0) is 23.6 Å². The number of rotatable bonds is 8. The molecule has 0 aliphatic carbocycles. The smallest absolute Gasteiger partial charge is 0.325 e. The lowest BCUT2D eigenvalue weighted by Gasteiger charge is -2.27. The molecule has 0 bridgehead atoms. The van der Waals surface area contributed by atoms with E-state index < -0.39 is 11.6 Å². The van der Waals surface area contributed by atoms with Gasteiger partial charge in [0.15, 0.2) is 0 Å². The Morgan fingerprint density at radius 3 is 1.85 bits per heavy atom. The Kier molecular flexibility index (Phi) is 6.54. The average molecular weight is 442 g/mol. The lowest BCUT2D eigenvalue weighted by atomic mass is 9.84. The summed E-state index contributed by atoms with van der Waals surface area (Å²) >= 11 is 0. The van der Waals surface area contributed by atoms with Gasteiger partial charge in [0, 0.05) is 12.8 Å². The zero-order valence-corrected chi connectivity index (χ0v) is 18.5. The van der Waals surface area contributed by atoms with E-state index in [1.54, 1.807) is 0 Å². The summed E-state index contributed by atoms with van der Waals surface area (Å²) in [7, 11) is 0. The Balaban J connectivity index is 1.53. The van der Waals surface area contributed by atoms with Crippen molar-refractivity contribution < 1.29 is 14.4 Å². The SMILES string of the molecule is CC(NC(=O)CN1C(=O)NC(Cc2ccccc2)(Cc2ccccc2)C1=O)c1ccccc1. The van der Waals surface area contributed by atoms with Crippen molar-refractivity contribution in [3.8, 4) is 0 Å². The van der Waals surface area contributed by atoms with Crippen LogP contribution in [0.2, 0.25) is 0 Å². The fourth-order valence-corrected chi connectivity index (χ4v) is 4.27. The van der Waals surface area contributed by atoms with E-state index in [4.69, 9.17) is 0 Å². The maximum atomic E-state index is 13.6. The Labute approximate surface area is 193 Å². The molecule has 1 atom stereocenters. The summed E-state index contributed by atoms with van der Waals surface area (Å²) in [5, 5.41) is 5.79. The zero-order chi connectivity index (χ0) is 23.3. The normalized spacial score (nSPS) is 15.7. The van der Waals surface area contributed by atoms with E-state index in [1.165, 1.54) is 0 Å². The first-order valence-electron chi connectivity index (χ1n) is 11.0. The third-order valence-corrected chi connectivity index (χ3v) is 5.92. The van der Waals surface area contributed by atoms with E-state index in [9.17, 15) is 14.4 Å². The Bertz CT molecular complexity index is 1080. The topological polar surface area (TPSA) is 78.5 Å². The summed E-state index contributed by atoms with van der Waals surface area (Å²) in [6, 6.07) is 27.9. The Morgan fingerprint density at radius 1 is 0.848 bits per heavy atom.